The van der Waals surface area contributed by atoms with Crippen LogP contribution in [-0.4, -0.2) is 30.2 Å². The van der Waals surface area contributed by atoms with E-state index < -0.39 is 12.0 Å². The van der Waals surface area contributed by atoms with Gasteiger partial charge in [0, 0.05) is 11.1 Å². The molecule has 0 aromatic heterocycles. The molecule has 0 radical (unpaired) electrons. The third kappa shape index (κ3) is 2.08. The van der Waals surface area contributed by atoms with Crippen LogP contribution in [0.25, 0.3) is 6.08 Å². The Morgan fingerprint density at radius 3 is 2.58 bits per heavy atom. The van der Waals surface area contributed by atoms with Crippen LogP contribution in [0.4, 0.5) is 5.69 Å². The molecule has 3 aliphatic rings. The number of imide groups is 1. The van der Waals surface area contributed by atoms with E-state index in [4.69, 9.17) is 9.57 Å². The van der Waals surface area contributed by atoms with Gasteiger partial charge in [0.25, 0.3) is 5.91 Å². The lowest BCUT2D eigenvalue weighted by Gasteiger charge is -2.19. The molecule has 2 unspecified atom stereocenters. The molecule has 2 aromatic carbocycles. The Labute approximate surface area is 149 Å². The van der Waals surface area contributed by atoms with E-state index >= 15 is 0 Å². The molecular formula is C20H14N2O4. The standard InChI is InChI=1S/C20H14N2O4/c23-19-16-17(13-10-12-6-4-5-9-15(12)25-11-13)21-26-18(16)20(24)22(19)14-7-2-1-3-8-14/h1-10,16,18H,11H2. The smallest absolute Gasteiger partial charge is 0.278 e. The van der Waals surface area contributed by atoms with Gasteiger partial charge in [0.15, 0.2) is 0 Å². The Morgan fingerprint density at radius 1 is 0.962 bits per heavy atom. The number of benzene rings is 2. The molecule has 3 aliphatic heterocycles. The lowest BCUT2D eigenvalue weighted by atomic mass is 9.92. The molecule has 0 aliphatic carbocycles. The van der Waals surface area contributed by atoms with Gasteiger partial charge in [0.2, 0.25) is 12.0 Å². The van der Waals surface area contributed by atoms with Crippen LogP contribution in [0.3, 0.4) is 0 Å². The Hall–Kier alpha value is -3.41. The van der Waals surface area contributed by atoms with Crippen LogP contribution in [0.1, 0.15) is 5.56 Å². The summed E-state index contributed by atoms with van der Waals surface area (Å²) in [5.41, 5.74) is 2.68. The summed E-state index contributed by atoms with van der Waals surface area (Å²) < 4.78 is 5.76. The zero-order chi connectivity index (χ0) is 17.7. The predicted octanol–water partition coefficient (Wildman–Crippen LogP) is 2.41. The third-order valence-electron chi connectivity index (χ3n) is 4.79. The van der Waals surface area contributed by atoms with E-state index in [1.807, 2.05) is 36.4 Å². The molecule has 1 saturated heterocycles. The van der Waals surface area contributed by atoms with E-state index in [-0.39, 0.29) is 18.4 Å². The second-order valence-corrected chi connectivity index (χ2v) is 6.32. The third-order valence-corrected chi connectivity index (χ3v) is 4.79. The first kappa shape index (κ1) is 14.9. The fraction of sp³-hybridized carbons (Fsp3) is 0.150. The molecule has 2 aromatic rings. The number of hydrogen-bond donors (Lipinski definition) is 0. The van der Waals surface area contributed by atoms with Gasteiger partial charge in [-0.2, -0.15) is 0 Å². The van der Waals surface area contributed by atoms with E-state index in [0.717, 1.165) is 16.9 Å². The molecule has 0 N–H and O–H groups in total. The highest BCUT2D eigenvalue weighted by Crippen LogP contribution is 2.37. The van der Waals surface area contributed by atoms with Crippen molar-refractivity contribution in [3.8, 4) is 5.75 Å². The number of ether oxygens (including phenoxy) is 1. The van der Waals surface area contributed by atoms with Crippen molar-refractivity contribution in [1.82, 2.24) is 0 Å². The number of nitrogens with zero attached hydrogens (tertiary/aromatic N) is 2. The molecule has 0 bridgehead atoms. The van der Waals surface area contributed by atoms with Gasteiger partial charge in [-0.05, 0) is 24.3 Å². The molecule has 2 amide bonds. The molecule has 1 fully saturated rings. The zero-order valence-corrected chi connectivity index (χ0v) is 13.7. The fourth-order valence-electron chi connectivity index (χ4n) is 3.54. The normalized spacial score (nSPS) is 23.6. The van der Waals surface area contributed by atoms with Crippen LogP contribution in [0.2, 0.25) is 0 Å². The number of amides is 2. The molecule has 5 rings (SSSR count). The number of carbonyl (C=O) groups excluding carboxylic acids is 2. The van der Waals surface area contributed by atoms with Gasteiger partial charge in [-0.3, -0.25) is 9.59 Å². The molecule has 0 saturated carbocycles. The van der Waals surface area contributed by atoms with Gasteiger partial charge in [-0.25, -0.2) is 4.90 Å². The molecule has 26 heavy (non-hydrogen) atoms. The van der Waals surface area contributed by atoms with Crippen molar-refractivity contribution in [2.75, 3.05) is 11.5 Å². The predicted molar refractivity (Wildman–Crippen MR) is 94.6 cm³/mol. The number of carbonyl (C=O) groups is 2. The van der Waals surface area contributed by atoms with Crippen molar-refractivity contribution < 1.29 is 19.2 Å². The highest BCUT2D eigenvalue weighted by molar-refractivity contribution is 6.33. The van der Waals surface area contributed by atoms with Gasteiger partial charge in [0.1, 0.15) is 24.0 Å². The highest BCUT2D eigenvalue weighted by atomic mass is 16.7. The maximum atomic E-state index is 13.0. The molecule has 6 nitrogen and oxygen atoms in total. The SMILES string of the molecule is O=C1C2ON=C(C3=Cc4ccccc4OC3)C2C(=O)N1c1ccccc1. The number of oxime groups is 1. The minimum atomic E-state index is -0.907. The maximum absolute atomic E-state index is 13.0. The minimum Gasteiger partial charge on any atom is -0.488 e. The summed E-state index contributed by atoms with van der Waals surface area (Å²) in [6.45, 7) is 0.287. The first-order valence-electron chi connectivity index (χ1n) is 8.33. The number of hydrogen-bond acceptors (Lipinski definition) is 5. The summed E-state index contributed by atoms with van der Waals surface area (Å²) >= 11 is 0. The van der Waals surface area contributed by atoms with Gasteiger partial charge in [-0.15, -0.1) is 0 Å². The number of anilines is 1. The van der Waals surface area contributed by atoms with Crippen LogP contribution in [0.5, 0.6) is 5.75 Å². The summed E-state index contributed by atoms with van der Waals surface area (Å²) in [5, 5.41) is 4.05. The minimum absolute atomic E-state index is 0.287. The number of rotatable bonds is 2. The quantitative estimate of drug-likeness (QED) is 0.783. The van der Waals surface area contributed by atoms with Crippen molar-refractivity contribution in [2.24, 2.45) is 11.1 Å². The topological polar surface area (TPSA) is 68.2 Å². The first-order valence-corrected chi connectivity index (χ1v) is 8.33. The van der Waals surface area contributed by atoms with E-state index in [1.54, 1.807) is 24.3 Å². The van der Waals surface area contributed by atoms with Crippen molar-refractivity contribution in [1.29, 1.82) is 0 Å². The molecule has 0 spiro atoms. The van der Waals surface area contributed by atoms with Crippen molar-refractivity contribution in [2.45, 2.75) is 6.10 Å². The van der Waals surface area contributed by atoms with Crippen LogP contribution >= 0.6 is 0 Å². The Morgan fingerprint density at radius 2 is 1.73 bits per heavy atom. The average molecular weight is 346 g/mol. The Balaban J connectivity index is 1.50. The molecule has 2 atom stereocenters. The summed E-state index contributed by atoms with van der Waals surface area (Å²) in [4.78, 5) is 32.2. The Kier molecular flexibility index (Phi) is 3.18. The monoisotopic (exact) mass is 346 g/mol. The van der Waals surface area contributed by atoms with Crippen LogP contribution in [0, 0.1) is 5.92 Å². The lowest BCUT2D eigenvalue weighted by molar-refractivity contribution is -0.126. The zero-order valence-electron chi connectivity index (χ0n) is 13.7. The lowest BCUT2D eigenvalue weighted by Crippen LogP contribution is -2.33. The molecule has 3 heterocycles. The summed E-state index contributed by atoms with van der Waals surface area (Å²) in [6.07, 6.45) is 1.03. The largest absolute Gasteiger partial charge is 0.488 e. The van der Waals surface area contributed by atoms with Crippen molar-refractivity contribution in [3.05, 3.63) is 65.7 Å². The number of fused-ring (bicyclic) bond motifs is 2. The molecule has 6 heteroatoms. The summed E-state index contributed by atoms with van der Waals surface area (Å²) in [7, 11) is 0. The highest BCUT2D eigenvalue weighted by Gasteiger charge is 2.56. The maximum Gasteiger partial charge on any atom is 0.278 e. The summed E-state index contributed by atoms with van der Waals surface area (Å²) in [5.74, 6) is -0.653. The van der Waals surface area contributed by atoms with E-state index in [1.165, 1.54) is 4.90 Å². The second-order valence-electron chi connectivity index (χ2n) is 6.32. The van der Waals surface area contributed by atoms with Gasteiger partial charge < -0.3 is 9.57 Å². The Bertz CT molecular complexity index is 980. The second kappa shape index (κ2) is 5.56. The van der Waals surface area contributed by atoms with Gasteiger partial charge in [0.05, 0.1) is 5.69 Å². The van der Waals surface area contributed by atoms with Crippen LogP contribution in [0.15, 0.2) is 65.3 Å². The van der Waals surface area contributed by atoms with Crippen molar-refractivity contribution >= 4 is 29.3 Å². The average Bonchev–Trinajstić information content (AvgIpc) is 3.22. The van der Waals surface area contributed by atoms with E-state index in [9.17, 15) is 9.59 Å². The fourth-order valence-corrected chi connectivity index (χ4v) is 3.54. The summed E-state index contributed by atoms with van der Waals surface area (Å²) in [6, 6.07) is 16.5. The van der Waals surface area contributed by atoms with Gasteiger partial charge in [-0.1, -0.05) is 41.6 Å². The van der Waals surface area contributed by atoms with Crippen LogP contribution in [-0.2, 0) is 14.4 Å². The van der Waals surface area contributed by atoms with E-state index in [0.29, 0.717) is 11.4 Å². The van der Waals surface area contributed by atoms with Gasteiger partial charge >= 0.3 is 0 Å². The molecular weight excluding hydrogens is 332 g/mol. The molecule has 128 valence electrons. The van der Waals surface area contributed by atoms with Crippen molar-refractivity contribution in [3.63, 3.8) is 0 Å². The van der Waals surface area contributed by atoms with Crippen LogP contribution < -0.4 is 9.64 Å². The number of para-hydroxylation sites is 2. The van der Waals surface area contributed by atoms with E-state index in [2.05, 4.69) is 5.16 Å². The first-order chi connectivity index (χ1) is 12.7.